The van der Waals surface area contributed by atoms with Gasteiger partial charge in [-0.25, -0.2) is 9.37 Å². The van der Waals surface area contributed by atoms with E-state index in [1.807, 2.05) is 48.5 Å². The lowest BCUT2D eigenvalue weighted by atomic mass is 10.1. The Bertz CT molecular complexity index is 725. The molecule has 0 saturated heterocycles. The van der Waals surface area contributed by atoms with Crippen molar-refractivity contribution < 1.29 is 4.39 Å². The van der Waals surface area contributed by atoms with E-state index in [4.69, 9.17) is 0 Å². The van der Waals surface area contributed by atoms with Crippen LogP contribution < -0.4 is 5.32 Å². The van der Waals surface area contributed by atoms with Crippen LogP contribution in [-0.4, -0.2) is 11.5 Å². The van der Waals surface area contributed by atoms with Crippen LogP contribution in [0.25, 0.3) is 10.9 Å². The Morgan fingerprint density at radius 2 is 1.70 bits per heavy atom. The third-order valence-corrected chi connectivity index (χ3v) is 3.26. The highest BCUT2D eigenvalue weighted by molar-refractivity contribution is 5.80. The third kappa shape index (κ3) is 2.77. The molecule has 0 bridgehead atoms. The van der Waals surface area contributed by atoms with Gasteiger partial charge >= 0.3 is 0 Å². The van der Waals surface area contributed by atoms with Crippen LogP contribution in [0.3, 0.4) is 0 Å². The molecule has 20 heavy (non-hydrogen) atoms. The molecule has 0 fully saturated rings. The average molecular weight is 266 g/mol. The van der Waals surface area contributed by atoms with Gasteiger partial charge in [-0.05, 0) is 36.2 Å². The minimum Gasteiger partial charge on any atom is -0.370 e. The molecule has 0 amide bonds. The van der Waals surface area contributed by atoms with Crippen molar-refractivity contribution in [1.82, 2.24) is 4.98 Å². The molecule has 1 aromatic heterocycles. The second-order valence-corrected chi connectivity index (χ2v) is 4.66. The lowest BCUT2D eigenvalue weighted by molar-refractivity contribution is 0.610. The molecule has 0 atom stereocenters. The summed E-state index contributed by atoms with van der Waals surface area (Å²) in [6.07, 6.45) is 0.640. The van der Waals surface area contributed by atoms with Gasteiger partial charge in [-0.3, -0.25) is 0 Å². The lowest BCUT2D eigenvalue weighted by Gasteiger charge is -2.07. The highest BCUT2D eigenvalue weighted by atomic mass is 19.1. The minimum atomic E-state index is -0.152. The monoisotopic (exact) mass is 266 g/mol. The van der Waals surface area contributed by atoms with Crippen molar-refractivity contribution in [3.05, 3.63) is 72.0 Å². The number of aromatic nitrogens is 1. The Kier molecular flexibility index (Phi) is 3.59. The zero-order chi connectivity index (χ0) is 13.8. The van der Waals surface area contributed by atoms with Gasteiger partial charge in [0.1, 0.15) is 11.6 Å². The third-order valence-electron chi connectivity index (χ3n) is 3.26. The van der Waals surface area contributed by atoms with E-state index in [-0.39, 0.29) is 5.82 Å². The first kappa shape index (κ1) is 12.6. The number of nitrogens with zero attached hydrogens (tertiary/aromatic N) is 1. The molecule has 0 radical (unpaired) electrons. The second kappa shape index (κ2) is 5.70. The molecule has 0 aliphatic rings. The molecule has 0 spiro atoms. The normalized spacial score (nSPS) is 10.7. The van der Waals surface area contributed by atoms with Gasteiger partial charge in [0.2, 0.25) is 0 Å². The Morgan fingerprint density at radius 1 is 0.900 bits per heavy atom. The number of fused-ring (bicyclic) bond motifs is 1. The van der Waals surface area contributed by atoms with Gasteiger partial charge in [0.05, 0.1) is 5.52 Å². The molecule has 2 nitrogen and oxygen atoms in total. The summed E-state index contributed by atoms with van der Waals surface area (Å²) < 4.78 is 13.5. The topological polar surface area (TPSA) is 24.9 Å². The Balaban J connectivity index is 1.67. The van der Waals surface area contributed by atoms with Gasteiger partial charge in [0, 0.05) is 11.9 Å². The first-order chi connectivity index (χ1) is 9.83. The van der Waals surface area contributed by atoms with E-state index < -0.39 is 0 Å². The van der Waals surface area contributed by atoms with Crippen molar-refractivity contribution in [3.8, 4) is 0 Å². The fourth-order valence-corrected chi connectivity index (χ4v) is 2.19. The number of nitrogens with one attached hydrogen (secondary N) is 1. The second-order valence-electron chi connectivity index (χ2n) is 4.66. The van der Waals surface area contributed by atoms with E-state index in [2.05, 4.69) is 10.3 Å². The molecule has 3 heteroatoms. The molecule has 0 saturated carbocycles. The van der Waals surface area contributed by atoms with Gasteiger partial charge < -0.3 is 5.32 Å². The van der Waals surface area contributed by atoms with Crippen LogP contribution in [0.5, 0.6) is 0 Å². The van der Waals surface area contributed by atoms with Crippen molar-refractivity contribution in [2.45, 2.75) is 6.42 Å². The Hall–Kier alpha value is -2.42. The molecule has 0 unspecified atom stereocenters. The number of anilines is 1. The highest BCUT2D eigenvalue weighted by Crippen LogP contribution is 2.14. The average Bonchev–Trinajstić information content (AvgIpc) is 2.49. The number of benzene rings is 2. The quantitative estimate of drug-likeness (QED) is 0.771. The van der Waals surface area contributed by atoms with Crippen LogP contribution in [-0.2, 0) is 6.42 Å². The van der Waals surface area contributed by atoms with Crippen LogP contribution in [0.15, 0.2) is 60.7 Å². The molecular formula is C17H15FN2. The predicted octanol–water partition coefficient (Wildman–Crippen LogP) is 4.03. The number of para-hydroxylation sites is 1. The van der Waals surface area contributed by atoms with Gasteiger partial charge in [0.15, 0.2) is 0 Å². The summed E-state index contributed by atoms with van der Waals surface area (Å²) >= 11 is 0. The summed E-state index contributed by atoms with van der Waals surface area (Å²) in [5, 5.41) is 4.35. The van der Waals surface area contributed by atoms with Crippen molar-refractivity contribution in [1.29, 1.82) is 0 Å². The number of rotatable bonds is 4. The maximum Gasteiger partial charge on any atom is 0.126 e. The predicted molar refractivity (Wildman–Crippen MR) is 80.3 cm³/mol. The van der Waals surface area contributed by atoms with Crippen LogP contribution in [0, 0.1) is 5.82 Å². The van der Waals surface area contributed by atoms with Crippen LogP contribution in [0.4, 0.5) is 10.2 Å². The fourth-order valence-electron chi connectivity index (χ4n) is 2.19. The maximum atomic E-state index is 13.5. The van der Waals surface area contributed by atoms with Gasteiger partial charge in [-0.2, -0.15) is 0 Å². The van der Waals surface area contributed by atoms with Crippen LogP contribution in [0.2, 0.25) is 0 Å². The van der Waals surface area contributed by atoms with Gasteiger partial charge in [0.25, 0.3) is 0 Å². The van der Waals surface area contributed by atoms with Crippen molar-refractivity contribution >= 4 is 16.7 Å². The number of hydrogen-bond donors (Lipinski definition) is 1. The molecule has 100 valence electrons. The van der Waals surface area contributed by atoms with Gasteiger partial charge in [-0.1, -0.05) is 36.4 Å². The maximum absolute atomic E-state index is 13.5. The molecule has 3 rings (SSSR count). The first-order valence-electron chi connectivity index (χ1n) is 6.66. The zero-order valence-corrected chi connectivity index (χ0v) is 11.0. The minimum absolute atomic E-state index is 0.152. The van der Waals surface area contributed by atoms with Crippen LogP contribution in [0.1, 0.15) is 5.56 Å². The fraction of sp³-hybridized carbons (Fsp3) is 0.118. The summed E-state index contributed by atoms with van der Waals surface area (Å²) in [4.78, 5) is 4.52. The van der Waals surface area contributed by atoms with Gasteiger partial charge in [-0.15, -0.1) is 0 Å². The molecular weight excluding hydrogens is 251 g/mol. The molecule has 1 N–H and O–H groups in total. The highest BCUT2D eigenvalue weighted by Gasteiger charge is 2.01. The van der Waals surface area contributed by atoms with Crippen molar-refractivity contribution in [2.75, 3.05) is 11.9 Å². The number of halogens is 1. The lowest BCUT2D eigenvalue weighted by Crippen LogP contribution is -2.07. The Labute approximate surface area is 117 Å². The van der Waals surface area contributed by atoms with E-state index in [1.165, 1.54) is 6.07 Å². The molecule has 0 aliphatic heterocycles. The molecule has 1 heterocycles. The molecule has 2 aromatic carbocycles. The largest absolute Gasteiger partial charge is 0.370 e. The van der Waals surface area contributed by atoms with E-state index in [0.29, 0.717) is 13.0 Å². The van der Waals surface area contributed by atoms with Crippen LogP contribution >= 0.6 is 0 Å². The standard InChI is InChI=1S/C17H15FN2/c18-15-7-3-1-5-13(15)11-12-19-17-10-9-14-6-2-4-8-16(14)20-17/h1-10H,11-12H2,(H,19,20). The van der Waals surface area contributed by atoms with E-state index in [1.54, 1.807) is 6.07 Å². The smallest absolute Gasteiger partial charge is 0.126 e. The summed E-state index contributed by atoms with van der Waals surface area (Å²) in [6.45, 7) is 0.659. The SMILES string of the molecule is Fc1ccccc1CCNc1ccc2ccccc2n1. The number of pyridine rings is 1. The molecule has 0 aliphatic carbocycles. The zero-order valence-electron chi connectivity index (χ0n) is 11.0. The summed E-state index contributed by atoms with van der Waals surface area (Å²) in [5.41, 5.74) is 1.68. The van der Waals surface area contributed by atoms with Crippen molar-refractivity contribution in [2.24, 2.45) is 0 Å². The summed E-state index contributed by atoms with van der Waals surface area (Å²) in [6, 6.07) is 18.8. The van der Waals surface area contributed by atoms with E-state index in [9.17, 15) is 4.39 Å². The summed E-state index contributed by atoms with van der Waals surface area (Å²) in [5.74, 6) is 0.667. The van der Waals surface area contributed by atoms with Crippen molar-refractivity contribution in [3.63, 3.8) is 0 Å². The Morgan fingerprint density at radius 3 is 2.60 bits per heavy atom. The summed E-state index contributed by atoms with van der Waals surface area (Å²) in [7, 11) is 0. The van der Waals surface area contributed by atoms with E-state index >= 15 is 0 Å². The number of hydrogen-bond acceptors (Lipinski definition) is 2. The van der Waals surface area contributed by atoms with E-state index in [0.717, 1.165) is 22.3 Å². The molecule has 3 aromatic rings. The first-order valence-corrected chi connectivity index (χ1v) is 6.66.